The highest BCUT2D eigenvalue weighted by atomic mass is 14.8. The van der Waals surface area contributed by atoms with E-state index in [1.807, 2.05) is 0 Å². The zero-order chi connectivity index (χ0) is 15.5. The normalized spacial score (nSPS) is 22.4. The molecule has 0 spiro atoms. The number of fused-ring (bicyclic) bond motifs is 1. The lowest BCUT2D eigenvalue weighted by Gasteiger charge is -2.26. The van der Waals surface area contributed by atoms with Gasteiger partial charge >= 0.3 is 0 Å². The Morgan fingerprint density at radius 3 is 2.61 bits per heavy atom. The Kier molecular flexibility index (Phi) is 4.10. The van der Waals surface area contributed by atoms with Gasteiger partial charge in [0.2, 0.25) is 5.69 Å². The van der Waals surface area contributed by atoms with Crippen LogP contribution in [0.3, 0.4) is 0 Å². The Morgan fingerprint density at radius 1 is 0.913 bits per heavy atom. The molecule has 1 heterocycles. The number of allylic oxidation sites excluding steroid dienone is 1. The monoisotopic (exact) mass is 301 g/mol. The maximum absolute atomic E-state index is 3.45. The third-order valence-electron chi connectivity index (χ3n) is 5.04. The van der Waals surface area contributed by atoms with Crippen molar-refractivity contribution in [1.29, 1.82) is 0 Å². The van der Waals surface area contributed by atoms with Gasteiger partial charge in [-0.25, -0.2) is 4.99 Å². The third kappa shape index (κ3) is 3.14. The van der Waals surface area contributed by atoms with Crippen molar-refractivity contribution in [2.45, 2.75) is 38.0 Å². The summed E-state index contributed by atoms with van der Waals surface area (Å²) in [6.45, 7) is 0. The molecule has 1 N–H and O–H groups in total. The molecule has 115 valence electrons. The second-order valence-electron chi connectivity index (χ2n) is 6.60. The fourth-order valence-electron chi connectivity index (χ4n) is 3.82. The Hall–Kier alpha value is -2.15. The highest BCUT2D eigenvalue weighted by molar-refractivity contribution is 5.72. The quantitative estimate of drug-likeness (QED) is 0.874. The molecule has 2 aliphatic rings. The van der Waals surface area contributed by atoms with E-state index < -0.39 is 0 Å². The fourth-order valence-corrected chi connectivity index (χ4v) is 3.82. The van der Waals surface area contributed by atoms with Crippen molar-refractivity contribution < 1.29 is 4.99 Å². The lowest BCUT2D eigenvalue weighted by molar-refractivity contribution is -0.344. The van der Waals surface area contributed by atoms with Crippen molar-refractivity contribution in [1.82, 2.24) is 0 Å². The molecule has 1 heteroatoms. The Bertz CT molecular complexity index is 727. The molecular formula is C22H23N+. The van der Waals surface area contributed by atoms with Crippen LogP contribution in [0.4, 0.5) is 5.69 Å². The SMILES string of the molecule is C1=[NH+]c2ccccc2[C@H]1C[C]1CCCCC1=Cc1ccccc1. The molecule has 0 bridgehead atoms. The van der Waals surface area contributed by atoms with Crippen LogP contribution in [0.25, 0.3) is 6.08 Å². The van der Waals surface area contributed by atoms with Gasteiger partial charge in [0.15, 0.2) is 6.21 Å². The molecule has 1 nitrogen and oxygen atoms in total. The first-order chi connectivity index (χ1) is 11.4. The number of rotatable bonds is 3. The van der Waals surface area contributed by atoms with E-state index in [0.29, 0.717) is 5.92 Å². The number of hydrogen-bond donors (Lipinski definition) is 1. The maximum Gasteiger partial charge on any atom is 0.207 e. The summed E-state index contributed by atoms with van der Waals surface area (Å²) < 4.78 is 0. The molecule has 0 saturated heterocycles. The van der Waals surface area contributed by atoms with Crippen LogP contribution in [0.2, 0.25) is 0 Å². The van der Waals surface area contributed by atoms with Crippen LogP contribution < -0.4 is 4.99 Å². The summed E-state index contributed by atoms with van der Waals surface area (Å²) in [4.78, 5) is 3.45. The van der Waals surface area contributed by atoms with Crippen LogP contribution in [-0.4, -0.2) is 6.21 Å². The van der Waals surface area contributed by atoms with E-state index in [2.05, 4.69) is 71.9 Å². The number of para-hydroxylation sites is 1. The zero-order valence-corrected chi connectivity index (χ0v) is 13.5. The standard InChI is InChI=1S/C22H22N/c1-2-8-17(9-3-1)14-18-10-4-5-11-19(18)15-20-16-23-22-13-7-6-12-21(20)22/h1-3,6-9,12-14,16,20H,4-5,10-11,15H2/p+1/t20-/m0/s1. The molecule has 0 aromatic heterocycles. The molecule has 4 rings (SSSR count). The predicted octanol–water partition coefficient (Wildman–Crippen LogP) is 4.19. The fraction of sp³-hybridized carbons (Fsp3) is 0.273. The summed E-state index contributed by atoms with van der Waals surface area (Å²) in [6.07, 6.45) is 11.0. The first-order valence-electron chi connectivity index (χ1n) is 8.69. The van der Waals surface area contributed by atoms with E-state index in [9.17, 15) is 0 Å². The first-order valence-corrected chi connectivity index (χ1v) is 8.69. The van der Waals surface area contributed by atoms with Gasteiger partial charge in [0.25, 0.3) is 0 Å². The summed E-state index contributed by atoms with van der Waals surface area (Å²) in [5, 5.41) is 0. The summed E-state index contributed by atoms with van der Waals surface area (Å²) in [6, 6.07) is 19.5. The molecule has 0 unspecified atom stereocenters. The van der Waals surface area contributed by atoms with E-state index >= 15 is 0 Å². The summed E-state index contributed by atoms with van der Waals surface area (Å²) in [7, 11) is 0. The van der Waals surface area contributed by atoms with Crippen LogP contribution >= 0.6 is 0 Å². The van der Waals surface area contributed by atoms with Crippen LogP contribution in [0.5, 0.6) is 0 Å². The smallest absolute Gasteiger partial charge is 0.207 e. The van der Waals surface area contributed by atoms with E-state index in [1.54, 1.807) is 11.5 Å². The molecule has 23 heavy (non-hydrogen) atoms. The summed E-state index contributed by atoms with van der Waals surface area (Å²) in [5.41, 5.74) is 5.63. The van der Waals surface area contributed by atoms with Gasteiger partial charge in [-0.15, -0.1) is 0 Å². The van der Waals surface area contributed by atoms with E-state index in [0.717, 1.165) is 6.42 Å². The topological polar surface area (TPSA) is 14.0 Å². The molecule has 1 radical (unpaired) electrons. The van der Waals surface area contributed by atoms with Crippen LogP contribution in [-0.2, 0) is 0 Å². The molecule has 1 fully saturated rings. The molecular weight excluding hydrogens is 278 g/mol. The van der Waals surface area contributed by atoms with Crippen molar-refractivity contribution in [3.05, 3.63) is 77.2 Å². The van der Waals surface area contributed by atoms with E-state index in [4.69, 9.17) is 0 Å². The molecule has 2 aromatic carbocycles. The van der Waals surface area contributed by atoms with Crippen molar-refractivity contribution in [2.75, 3.05) is 0 Å². The number of hydrogen-bond acceptors (Lipinski definition) is 0. The number of nitrogens with one attached hydrogen (secondary N) is 1. The van der Waals surface area contributed by atoms with Crippen LogP contribution in [0.15, 0.2) is 60.2 Å². The Morgan fingerprint density at radius 2 is 1.70 bits per heavy atom. The Balaban J connectivity index is 1.55. The van der Waals surface area contributed by atoms with E-state index in [-0.39, 0.29) is 0 Å². The second kappa shape index (κ2) is 6.54. The first kappa shape index (κ1) is 14.4. The molecule has 1 atom stereocenters. The van der Waals surface area contributed by atoms with Gasteiger partial charge in [0.1, 0.15) is 0 Å². The highest BCUT2D eigenvalue weighted by Gasteiger charge is 2.29. The van der Waals surface area contributed by atoms with Crippen molar-refractivity contribution in [3.63, 3.8) is 0 Å². The van der Waals surface area contributed by atoms with Crippen LogP contribution in [0.1, 0.15) is 49.1 Å². The van der Waals surface area contributed by atoms with Crippen molar-refractivity contribution >= 4 is 18.0 Å². The van der Waals surface area contributed by atoms with Crippen molar-refractivity contribution in [2.24, 2.45) is 0 Å². The van der Waals surface area contributed by atoms with Gasteiger partial charge in [-0.1, -0.05) is 66.6 Å². The summed E-state index contributed by atoms with van der Waals surface area (Å²) in [5.74, 6) is 2.17. The molecule has 0 amide bonds. The Labute approximate surface area is 138 Å². The molecule has 2 aromatic rings. The van der Waals surface area contributed by atoms with E-state index in [1.165, 1.54) is 42.5 Å². The second-order valence-corrected chi connectivity index (χ2v) is 6.60. The van der Waals surface area contributed by atoms with Gasteiger partial charge in [-0.2, -0.15) is 0 Å². The minimum atomic E-state index is 0.512. The summed E-state index contributed by atoms with van der Waals surface area (Å²) >= 11 is 0. The lowest BCUT2D eigenvalue weighted by Crippen LogP contribution is -2.59. The third-order valence-corrected chi connectivity index (χ3v) is 5.04. The minimum absolute atomic E-state index is 0.512. The van der Waals surface area contributed by atoms with Crippen molar-refractivity contribution in [3.8, 4) is 0 Å². The average molecular weight is 301 g/mol. The maximum atomic E-state index is 3.45. The molecule has 1 aliphatic carbocycles. The number of benzene rings is 2. The lowest BCUT2D eigenvalue weighted by atomic mass is 9.77. The molecule has 1 aliphatic heterocycles. The largest absolute Gasteiger partial charge is 0.215 e. The highest BCUT2D eigenvalue weighted by Crippen LogP contribution is 2.40. The van der Waals surface area contributed by atoms with Gasteiger partial charge in [0.05, 0.1) is 5.92 Å². The van der Waals surface area contributed by atoms with Gasteiger partial charge < -0.3 is 0 Å². The minimum Gasteiger partial charge on any atom is -0.215 e. The van der Waals surface area contributed by atoms with Gasteiger partial charge in [-0.05, 0) is 31.2 Å². The van der Waals surface area contributed by atoms with Gasteiger partial charge in [-0.3, -0.25) is 0 Å². The van der Waals surface area contributed by atoms with Crippen LogP contribution in [0, 0.1) is 5.92 Å². The molecule has 1 saturated carbocycles. The van der Waals surface area contributed by atoms with Gasteiger partial charge in [0, 0.05) is 17.5 Å². The average Bonchev–Trinajstić information content (AvgIpc) is 3.01. The predicted molar refractivity (Wildman–Crippen MR) is 96.6 cm³/mol. The zero-order valence-electron chi connectivity index (χ0n) is 13.5.